The zero-order chi connectivity index (χ0) is 27.9. The minimum atomic E-state index is -2.62. The topological polar surface area (TPSA) is 127 Å². The van der Waals surface area contributed by atoms with Gasteiger partial charge < -0.3 is 14.7 Å². The van der Waals surface area contributed by atoms with Crippen LogP contribution in [0.2, 0.25) is 0 Å². The molecular weight excluding hydrogens is 535 g/mol. The number of oxime groups is 1. The molecule has 12 heteroatoms. The highest BCUT2D eigenvalue weighted by atomic mass is 32.2. The van der Waals surface area contributed by atoms with Crippen LogP contribution in [0, 0.1) is 17.7 Å². The number of rotatable bonds is 10. The van der Waals surface area contributed by atoms with Crippen LogP contribution in [-0.4, -0.2) is 47.4 Å². The summed E-state index contributed by atoms with van der Waals surface area (Å²) in [4.78, 5) is 14.0. The fourth-order valence-electron chi connectivity index (χ4n) is 4.05. The van der Waals surface area contributed by atoms with Crippen LogP contribution >= 0.6 is 0 Å². The lowest BCUT2D eigenvalue weighted by Crippen LogP contribution is -2.06. The number of halogens is 1. The van der Waals surface area contributed by atoms with Gasteiger partial charge in [0.25, 0.3) is 0 Å². The first-order valence-electron chi connectivity index (χ1n) is 12.1. The van der Waals surface area contributed by atoms with Crippen LogP contribution in [0.1, 0.15) is 18.1 Å². The Bertz CT molecular complexity index is 1800. The fourth-order valence-corrected chi connectivity index (χ4v) is 4.26. The van der Waals surface area contributed by atoms with Gasteiger partial charge in [-0.2, -0.15) is 5.10 Å². The maximum Gasteiger partial charge on any atom is 0.159 e. The van der Waals surface area contributed by atoms with E-state index in [1.165, 1.54) is 18.5 Å². The predicted molar refractivity (Wildman–Crippen MR) is 149 cm³/mol. The summed E-state index contributed by atoms with van der Waals surface area (Å²) < 4.78 is 40.8. The van der Waals surface area contributed by atoms with Crippen molar-refractivity contribution in [2.75, 3.05) is 18.5 Å². The first-order valence-corrected chi connectivity index (χ1v) is 13.1. The third kappa shape index (κ3) is 6.47. The summed E-state index contributed by atoms with van der Waals surface area (Å²) in [6.45, 7) is 1.90. The van der Waals surface area contributed by atoms with Crippen molar-refractivity contribution in [1.29, 1.82) is 0 Å². The third-order valence-corrected chi connectivity index (χ3v) is 6.15. The largest absolute Gasteiger partial charge is 0.750 e. The Balaban J connectivity index is 1.39. The van der Waals surface area contributed by atoms with Crippen molar-refractivity contribution in [2.45, 2.75) is 13.5 Å². The van der Waals surface area contributed by atoms with E-state index >= 15 is 0 Å². The van der Waals surface area contributed by atoms with Gasteiger partial charge in [0.05, 0.1) is 41.7 Å². The minimum Gasteiger partial charge on any atom is -0.750 e. The van der Waals surface area contributed by atoms with Crippen LogP contribution < -0.4 is 5.32 Å². The third-order valence-electron chi connectivity index (χ3n) is 5.79. The summed E-state index contributed by atoms with van der Waals surface area (Å²) in [6, 6.07) is 17.8. The molecule has 2 aromatic heterocycles. The number of aromatic nitrogens is 4. The molecule has 1 N–H and O–H groups in total. The molecule has 1 unspecified atom stereocenters. The first-order chi connectivity index (χ1) is 19.5. The Morgan fingerprint density at radius 1 is 1.15 bits per heavy atom. The molecule has 10 nitrogen and oxygen atoms in total. The quantitative estimate of drug-likeness (QED) is 0.0877. The fraction of sp³-hybridized carbons (Fsp3) is 0.143. The summed E-state index contributed by atoms with van der Waals surface area (Å²) in [5.74, 6) is 6.00. The number of anilines is 2. The van der Waals surface area contributed by atoms with Crippen molar-refractivity contribution in [3.05, 3.63) is 90.1 Å². The number of nitrogens with one attached hydrogen (secondary N) is 1. The van der Waals surface area contributed by atoms with Gasteiger partial charge >= 0.3 is 0 Å². The van der Waals surface area contributed by atoms with Gasteiger partial charge in [-0.05, 0) is 66.9 Å². The molecule has 0 fully saturated rings. The zero-order valence-corrected chi connectivity index (χ0v) is 22.0. The van der Waals surface area contributed by atoms with E-state index < -0.39 is 11.4 Å². The van der Waals surface area contributed by atoms with Gasteiger partial charge in [0.2, 0.25) is 0 Å². The molecule has 202 valence electrons. The molecule has 0 aliphatic rings. The highest BCUT2D eigenvalue weighted by molar-refractivity contribution is 7.74. The summed E-state index contributed by atoms with van der Waals surface area (Å²) in [5, 5.41) is 13.5. The van der Waals surface area contributed by atoms with E-state index in [4.69, 9.17) is 4.84 Å². The van der Waals surface area contributed by atoms with Crippen LogP contribution in [0.4, 0.5) is 15.9 Å². The van der Waals surface area contributed by atoms with E-state index in [0.29, 0.717) is 29.2 Å². The maximum atomic E-state index is 13.6. The lowest BCUT2D eigenvalue weighted by molar-refractivity contribution is 0.108. The molecule has 0 aliphatic carbocycles. The average molecular weight is 558 g/mol. The van der Waals surface area contributed by atoms with Gasteiger partial charge in [-0.1, -0.05) is 23.2 Å². The molecule has 0 radical (unpaired) electrons. The van der Waals surface area contributed by atoms with E-state index in [9.17, 15) is 13.2 Å². The van der Waals surface area contributed by atoms with Crippen molar-refractivity contribution in [1.82, 2.24) is 19.7 Å². The van der Waals surface area contributed by atoms with Crippen LogP contribution in [0.15, 0.2) is 78.3 Å². The molecule has 0 saturated heterocycles. The molecule has 0 saturated carbocycles. The second-order valence-electron chi connectivity index (χ2n) is 8.46. The molecule has 40 heavy (non-hydrogen) atoms. The van der Waals surface area contributed by atoms with E-state index in [2.05, 4.69) is 41.6 Å². The summed E-state index contributed by atoms with van der Waals surface area (Å²) >= 11 is -2.62. The number of fused-ring (bicyclic) bond motifs is 2. The van der Waals surface area contributed by atoms with E-state index in [-0.39, 0.29) is 19.0 Å². The Labute approximate surface area is 231 Å². The van der Waals surface area contributed by atoms with Gasteiger partial charge in [-0.25, -0.2) is 18.6 Å². The highest BCUT2D eigenvalue weighted by Crippen LogP contribution is 2.27. The van der Waals surface area contributed by atoms with Crippen molar-refractivity contribution in [2.24, 2.45) is 5.16 Å². The van der Waals surface area contributed by atoms with Gasteiger partial charge in [0, 0.05) is 22.0 Å². The zero-order valence-electron chi connectivity index (χ0n) is 21.2. The van der Waals surface area contributed by atoms with E-state index in [1.807, 2.05) is 47.1 Å². The number of hydrogen-bond acceptors (Lipinski definition) is 9. The van der Waals surface area contributed by atoms with Crippen molar-refractivity contribution in [3.63, 3.8) is 0 Å². The summed E-state index contributed by atoms with van der Waals surface area (Å²) in [7, 11) is 0. The predicted octanol–water partition coefficient (Wildman–Crippen LogP) is 4.47. The monoisotopic (exact) mass is 557 g/mol. The number of benzene rings is 3. The lowest BCUT2D eigenvalue weighted by atomic mass is 10.1. The average Bonchev–Trinajstić information content (AvgIpc) is 3.34. The first kappa shape index (κ1) is 26.9. The second kappa shape index (κ2) is 12.4. The van der Waals surface area contributed by atoms with E-state index in [1.54, 1.807) is 19.2 Å². The standard InChI is InChI=1S/C28H23FN6O4S/c1-2-4-25(34-38-11-12-39-40(36)37)20-7-9-26-24(15-20)28(31-18-30-26)33-23-8-10-27-21(14-23)16-32-35(27)17-19-5-3-6-22(29)13-19/h3,5-10,13-16,18H,11-12,17H2,1H3,(H,36,37)(H,30,31,33)/p-1. The van der Waals surface area contributed by atoms with Crippen LogP contribution in [0.5, 0.6) is 0 Å². The van der Waals surface area contributed by atoms with Gasteiger partial charge in [0.15, 0.2) is 5.71 Å². The van der Waals surface area contributed by atoms with Crippen molar-refractivity contribution < 1.29 is 22.2 Å². The smallest absolute Gasteiger partial charge is 0.159 e. The van der Waals surface area contributed by atoms with Crippen molar-refractivity contribution in [3.8, 4) is 11.8 Å². The van der Waals surface area contributed by atoms with E-state index in [0.717, 1.165) is 27.5 Å². The summed E-state index contributed by atoms with van der Waals surface area (Å²) in [5.41, 5.74) is 4.27. The molecule has 0 amide bonds. The van der Waals surface area contributed by atoms with Crippen LogP contribution in [0.25, 0.3) is 21.8 Å². The van der Waals surface area contributed by atoms with Gasteiger partial charge in [-0.15, -0.1) is 0 Å². The molecular formula is C28H22FN6O4S-. The molecule has 0 aliphatic heterocycles. The molecule has 0 bridgehead atoms. The normalized spacial score (nSPS) is 12.2. The number of nitrogens with zero attached hydrogens (tertiary/aromatic N) is 5. The van der Waals surface area contributed by atoms with Crippen LogP contribution in [0.3, 0.4) is 0 Å². The Morgan fingerprint density at radius 3 is 2.88 bits per heavy atom. The molecule has 5 rings (SSSR count). The Kier molecular flexibility index (Phi) is 8.36. The maximum absolute atomic E-state index is 13.6. The minimum absolute atomic E-state index is 0.0618. The van der Waals surface area contributed by atoms with Crippen molar-refractivity contribution >= 4 is 50.4 Å². The molecule has 1 atom stereocenters. The van der Waals surface area contributed by atoms with Gasteiger partial charge in [-0.3, -0.25) is 8.86 Å². The molecule has 2 heterocycles. The Morgan fingerprint density at radius 2 is 2.05 bits per heavy atom. The molecule has 0 spiro atoms. The second-order valence-corrected chi connectivity index (χ2v) is 9.10. The molecule has 3 aromatic carbocycles. The molecule has 5 aromatic rings. The Hall–Kier alpha value is -4.70. The highest BCUT2D eigenvalue weighted by Gasteiger charge is 2.11. The summed E-state index contributed by atoms with van der Waals surface area (Å²) in [6.07, 6.45) is 3.24. The SMILES string of the molecule is CC#CC(=NOCCOS(=O)[O-])c1ccc2ncnc(Nc3ccc4c(cnn4Cc4cccc(F)c4)c3)c2c1. The lowest BCUT2D eigenvalue weighted by Gasteiger charge is -2.10. The number of hydrogen-bond donors (Lipinski definition) is 1. The van der Waals surface area contributed by atoms with Gasteiger partial charge in [0.1, 0.15) is 24.6 Å². The van der Waals surface area contributed by atoms with Crippen LogP contribution in [-0.2, 0) is 26.9 Å².